The zero-order valence-electron chi connectivity index (χ0n) is 19.4. The Labute approximate surface area is 182 Å². The predicted molar refractivity (Wildman–Crippen MR) is 131 cm³/mol. The summed E-state index contributed by atoms with van der Waals surface area (Å²) < 4.78 is 7.82. The van der Waals surface area contributed by atoms with Gasteiger partial charge in [-0.25, -0.2) is 0 Å². The Morgan fingerprint density at radius 3 is 2.33 bits per heavy atom. The fourth-order valence-corrected chi connectivity index (χ4v) is 7.54. The third-order valence-corrected chi connectivity index (χ3v) is 10.0. The Bertz CT molecular complexity index is 1240. The van der Waals surface area contributed by atoms with Gasteiger partial charge in [-0.1, -0.05) is 0 Å². The van der Waals surface area contributed by atoms with E-state index in [1.807, 2.05) is 0 Å². The van der Waals surface area contributed by atoms with Crippen molar-refractivity contribution in [1.29, 1.82) is 0 Å². The first-order chi connectivity index (χ1) is 14.0. The van der Waals surface area contributed by atoms with Crippen LogP contribution in [0.2, 0.25) is 17.3 Å². The molecule has 0 aliphatic carbocycles. The number of nitrogens with zero attached hydrogens (tertiary/aromatic N) is 2. The second-order valence-electron chi connectivity index (χ2n) is 10.6. The zero-order chi connectivity index (χ0) is 21.8. The van der Waals surface area contributed by atoms with Gasteiger partial charge in [0.05, 0.1) is 0 Å². The minimum absolute atomic E-state index is 0.0161. The molecule has 156 valence electrons. The van der Waals surface area contributed by atoms with E-state index in [1.165, 1.54) is 9.96 Å². The first kappa shape index (κ1) is 21.1. The third kappa shape index (κ3) is 3.69. The van der Waals surface area contributed by atoms with Crippen LogP contribution in [0.25, 0.3) is 33.3 Å². The van der Waals surface area contributed by atoms with Gasteiger partial charge in [-0.05, 0) is 0 Å². The number of hydrogen-bond acceptors (Lipinski definition) is 3. The standard InChI is InChI=1S/C26H32GeN2O/c1-16(2)20-14-22(28-15-21(20)27(6,7)8)19-11-9-10-17-18-12-13-23(26(3,4)5)29-25(18)30-24(17)19/h9-16H,1-8H3. The quantitative estimate of drug-likeness (QED) is 0.308. The van der Waals surface area contributed by atoms with Crippen LogP contribution in [0, 0.1) is 0 Å². The van der Waals surface area contributed by atoms with Gasteiger partial charge in [0, 0.05) is 0 Å². The van der Waals surface area contributed by atoms with E-state index in [2.05, 4.69) is 94.5 Å². The molecule has 0 fully saturated rings. The van der Waals surface area contributed by atoms with Crippen molar-refractivity contribution in [2.45, 2.75) is 63.2 Å². The number of hydrogen-bond donors (Lipinski definition) is 0. The molecule has 0 radical (unpaired) electrons. The summed E-state index contributed by atoms with van der Waals surface area (Å²) in [6.07, 6.45) is 2.13. The first-order valence-electron chi connectivity index (χ1n) is 10.8. The number of pyridine rings is 2. The second kappa shape index (κ2) is 7.23. The number of aromatic nitrogens is 2. The Balaban J connectivity index is 1.94. The number of para-hydroxylation sites is 1. The number of benzene rings is 1. The van der Waals surface area contributed by atoms with E-state index in [9.17, 15) is 0 Å². The van der Waals surface area contributed by atoms with Crippen molar-refractivity contribution < 1.29 is 4.42 Å². The van der Waals surface area contributed by atoms with Crippen LogP contribution in [0.3, 0.4) is 0 Å². The van der Waals surface area contributed by atoms with Gasteiger partial charge in [-0.15, -0.1) is 0 Å². The molecule has 3 aromatic heterocycles. The molecule has 3 nitrogen and oxygen atoms in total. The summed E-state index contributed by atoms with van der Waals surface area (Å²) >= 11 is -2.00. The van der Waals surface area contributed by atoms with E-state index in [0.29, 0.717) is 11.6 Å². The monoisotopic (exact) mass is 462 g/mol. The van der Waals surface area contributed by atoms with Gasteiger partial charge in [0.25, 0.3) is 0 Å². The Kier molecular flexibility index (Phi) is 5.08. The zero-order valence-corrected chi connectivity index (χ0v) is 21.5. The van der Waals surface area contributed by atoms with Crippen LogP contribution in [0.4, 0.5) is 0 Å². The Morgan fingerprint density at radius 1 is 0.967 bits per heavy atom. The molecule has 0 amide bonds. The SMILES string of the molecule is CC(C)c1cc(-c2cccc3c2oc2nc(C(C)(C)C)ccc23)nc[c]1[Ge]([CH3])([CH3])[CH3]. The molecule has 0 aliphatic rings. The molecule has 4 rings (SSSR count). The van der Waals surface area contributed by atoms with Crippen molar-refractivity contribution in [2.75, 3.05) is 0 Å². The number of rotatable bonds is 3. The van der Waals surface area contributed by atoms with E-state index in [0.717, 1.165) is 33.3 Å². The first-order valence-corrected chi connectivity index (χ1v) is 18.1. The normalized spacial score (nSPS) is 13.0. The molecule has 0 saturated heterocycles. The van der Waals surface area contributed by atoms with Gasteiger partial charge in [-0.3, -0.25) is 0 Å². The van der Waals surface area contributed by atoms with Crippen molar-refractivity contribution in [1.82, 2.24) is 9.97 Å². The van der Waals surface area contributed by atoms with Gasteiger partial charge in [0.2, 0.25) is 0 Å². The molecular formula is C26H32GeN2O. The molecule has 0 unspecified atom stereocenters. The average Bonchev–Trinajstić information content (AvgIpc) is 3.04. The van der Waals surface area contributed by atoms with Crippen LogP contribution in [0.5, 0.6) is 0 Å². The summed E-state index contributed by atoms with van der Waals surface area (Å²) in [5.41, 5.74) is 6.05. The maximum atomic E-state index is 6.33. The fraction of sp³-hybridized carbons (Fsp3) is 0.385. The molecule has 0 atom stereocenters. The maximum absolute atomic E-state index is 6.33. The second-order valence-corrected chi connectivity index (χ2v) is 21.2. The molecule has 1 aromatic carbocycles. The van der Waals surface area contributed by atoms with Crippen LogP contribution < -0.4 is 4.40 Å². The molecule has 30 heavy (non-hydrogen) atoms. The van der Waals surface area contributed by atoms with Crippen molar-refractivity contribution in [2.24, 2.45) is 0 Å². The molecule has 0 spiro atoms. The van der Waals surface area contributed by atoms with Crippen LogP contribution in [0.15, 0.2) is 47.0 Å². The van der Waals surface area contributed by atoms with Crippen LogP contribution in [-0.2, 0) is 5.41 Å². The summed E-state index contributed by atoms with van der Waals surface area (Å²) in [6.45, 7) is 11.1. The molecule has 0 bridgehead atoms. The van der Waals surface area contributed by atoms with Crippen molar-refractivity contribution in [3.63, 3.8) is 0 Å². The van der Waals surface area contributed by atoms with Gasteiger partial charge < -0.3 is 0 Å². The Morgan fingerprint density at radius 2 is 1.70 bits per heavy atom. The van der Waals surface area contributed by atoms with Crippen LogP contribution >= 0.6 is 0 Å². The van der Waals surface area contributed by atoms with E-state index >= 15 is 0 Å². The van der Waals surface area contributed by atoms with Crippen molar-refractivity contribution >= 4 is 39.7 Å². The summed E-state index contributed by atoms with van der Waals surface area (Å²) in [6, 6.07) is 12.9. The molecule has 3 heterocycles. The van der Waals surface area contributed by atoms with E-state index in [1.54, 1.807) is 0 Å². The third-order valence-electron chi connectivity index (χ3n) is 5.77. The van der Waals surface area contributed by atoms with Gasteiger partial charge in [0.15, 0.2) is 0 Å². The Hall–Kier alpha value is -2.14. The molecule has 4 aromatic rings. The van der Waals surface area contributed by atoms with E-state index < -0.39 is 13.3 Å². The fourth-order valence-electron chi connectivity index (χ4n) is 4.02. The van der Waals surface area contributed by atoms with Gasteiger partial charge in [-0.2, -0.15) is 0 Å². The van der Waals surface area contributed by atoms with Crippen molar-refractivity contribution in [3.05, 3.63) is 53.9 Å². The number of furan rings is 1. The number of fused-ring (bicyclic) bond motifs is 3. The van der Waals surface area contributed by atoms with Crippen LogP contribution in [0.1, 0.15) is 51.8 Å². The summed E-state index contributed by atoms with van der Waals surface area (Å²) in [5, 5.41) is 2.16. The summed E-state index contributed by atoms with van der Waals surface area (Å²) in [4.78, 5) is 9.73. The molecule has 4 heteroatoms. The average molecular weight is 461 g/mol. The molecular weight excluding hydrogens is 429 g/mol. The predicted octanol–water partition coefficient (Wildman–Crippen LogP) is 7.01. The molecule has 0 aliphatic heterocycles. The van der Waals surface area contributed by atoms with E-state index in [4.69, 9.17) is 14.4 Å². The van der Waals surface area contributed by atoms with Gasteiger partial charge in [0.1, 0.15) is 0 Å². The van der Waals surface area contributed by atoms with Gasteiger partial charge >= 0.3 is 182 Å². The molecule has 0 N–H and O–H groups in total. The van der Waals surface area contributed by atoms with E-state index in [-0.39, 0.29) is 5.41 Å². The van der Waals surface area contributed by atoms with Crippen LogP contribution in [-0.4, -0.2) is 23.2 Å². The topological polar surface area (TPSA) is 38.9 Å². The minimum atomic E-state index is -2.00. The summed E-state index contributed by atoms with van der Waals surface area (Å²) in [5.74, 6) is 7.76. The molecule has 0 saturated carbocycles. The summed E-state index contributed by atoms with van der Waals surface area (Å²) in [7, 11) is 0. The van der Waals surface area contributed by atoms with Crippen molar-refractivity contribution in [3.8, 4) is 11.3 Å².